The van der Waals surface area contributed by atoms with Crippen molar-refractivity contribution in [3.05, 3.63) is 74.6 Å². The number of thiazole rings is 1. The highest BCUT2D eigenvalue weighted by molar-refractivity contribution is 7.98. The third-order valence-electron chi connectivity index (χ3n) is 4.06. The minimum absolute atomic E-state index is 0.0127. The Labute approximate surface area is 170 Å². The van der Waals surface area contributed by atoms with Crippen LogP contribution < -0.4 is 4.80 Å². The molecule has 1 amide bonds. The molecular formula is C20H19N3O3S2. The van der Waals surface area contributed by atoms with E-state index in [1.54, 1.807) is 30.0 Å². The van der Waals surface area contributed by atoms with Gasteiger partial charge in [0.15, 0.2) is 4.80 Å². The summed E-state index contributed by atoms with van der Waals surface area (Å²) in [6.07, 6.45) is 4.93. The van der Waals surface area contributed by atoms with Crippen molar-refractivity contribution in [2.24, 2.45) is 4.99 Å². The maximum atomic E-state index is 12.4. The third kappa shape index (κ3) is 4.76. The number of aromatic nitrogens is 1. The summed E-state index contributed by atoms with van der Waals surface area (Å²) in [5, 5.41) is 10.9. The average molecular weight is 414 g/mol. The molecule has 144 valence electrons. The molecule has 0 saturated carbocycles. The van der Waals surface area contributed by atoms with Crippen molar-refractivity contribution in [1.29, 1.82) is 0 Å². The summed E-state index contributed by atoms with van der Waals surface area (Å²) < 4.78 is 3.16. The molecule has 3 rings (SSSR count). The maximum absolute atomic E-state index is 12.4. The number of nitrogens with zero attached hydrogens (tertiary/aromatic N) is 3. The lowest BCUT2D eigenvalue weighted by molar-refractivity contribution is -0.384. The van der Waals surface area contributed by atoms with Gasteiger partial charge in [-0.05, 0) is 42.5 Å². The first-order chi connectivity index (χ1) is 13.5. The molecule has 6 nitrogen and oxygen atoms in total. The van der Waals surface area contributed by atoms with Crippen LogP contribution in [-0.2, 0) is 11.3 Å². The smallest absolute Gasteiger partial charge is 0.272 e. The Hall–Kier alpha value is -2.71. The van der Waals surface area contributed by atoms with Crippen LogP contribution in [0.15, 0.2) is 53.5 Å². The fourth-order valence-corrected chi connectivity index (χ4v) is 4.23. The van der Waals surface area contributed by atoms with Crippen LogP contribution in [0.3, 0.4) is 0 Å². The Morgan fingerprint density at radius 2 is 2.14 bits per heavy atom. The van der Waals surface area contributed by atoms with Crippen molar-refractivity contribution in [2.75, 3.05) is 12.0 Å². The number of non-ortho nitro benzene ring substituents is 1. The molecule has 8 heteroatoms. The number of rotatable bonds is 6. The van der Waals surface area contributed by atoms with Crippen molar-refractivity contribution < 1.29 is 9.72 Å². The summed E-state index contributed by atoms with van der Waals surface area (Å²) in [5.41, 5.74) is 2.80. The van der Waals surface area contributed by atoms with E-state index in [4.69, 9.17) is 0 Å². The molecule has 0 unspecified atom stereocenters. The molecule has 0 saturated heterocycles. The first-order valence-corrected chi connectivity index (χ1v) is 10.8. The van der Waals surface area contributed by atoms with Gasteiger partial charge >= 0.3 is 0 Å². The van der Waals surface area contributed by atoms with E-state index in [2.05, 4.69) is 27.8 Å². The Balaban J connectivity index is 1.93. The lowest BCUT2D eigenvalue weighted by Gasteiger charge is -2.03. The molecule has 0 aliphatic heterocycles. The van der Waals surface area contributed by atoms with Crippen LogP contribution in [0, 0.1) is 17.0 Å². The Kier molecular flexibility index (Phi) is 6.43. The molecule has 0 fully saturated rings. The first-order valence-electron chi connectivity index (χ1n) is 8.58. The topological polar surface area (TPSA) is 77.5 Å². The number of thioether (sulfide) groups is 1. The zero-order valence-electron chi connectivity index (χ0n) is 15.5. The quantitative estimate of drug-likeness (QED) is 0.340. The average Bonchev–Trinajstić information content (AvgIpc) is 3.00. The van der Waals surface area contributed by atoms with Crippen LogP contribution in [0.1, 0.15) is 11.1 Å². The molecular weight excluding hydrogens is 394 g/mol. The van der Waals surface area contributed by atoms with Crippen molar-refractivity contribution in [3.8, 4) is 0 Å². The standard InChI is InChI=1S/C20H19N3O3S2/c1-14-6-8-17-18(12-14)28-20(22(17)10-11-27-2)21-19(24)9-7-15-4-3-5-16(13-15)23(25)26/h3-9,12-13H,10-11H2,1-2H3/b9-7+,21-20?. The summed E-state index contributed by atoms with van der Waals surface area (Å²) in [6, 6.07) is 12.3. The second-order valence-electron chi connectivity index (χ2n) is 6.14. The summed E-state index contributed by atoms with van der Waals surface area (Å²) in [5.74, 6) is 0.526. The molecule has 3 aromatic rings. The van der Waals surface area contributed by atoms with Gasteiger partial charge in [-0.2, -0.15) is 16.8 Å². The monoisotopic (exact) mass is 413 g/mol. The van der Waals surface area contributed by atoms with E-state index < -0.39 is 10.8 Å². The minimum Gasteiger partial charge on any atom is -0.316 e. The molecule has 0 aliphatic carbocycles. The van der Waals surface area contributed by atoms with Crippen LogP contribution in [0.2, 0.25) is 0 Å². The number of carbonyl (C=O) groups is 1. The first kappa shape index (κ1) is 20.0. The lowest BCUT2D eigenvalue weighted by atomic mass is 10.2. The van der Waals surface area contributed by atoms with E-state index in [0.717, 1.165) is 28.1 Å². The summed E-state index contributed by atoms with van der Waals surface area (Å²) in [6.45, 7) is 2.81. The highest BCUT2D eigenvalue weighted by Gasteiger charge is 2.08. The summed E-state index contributed by atoms with van der Waals surface area (Å²) >= 11 is 3.23. The van der Waals surface area contributed by atoms with Gasteiger partial charge < -0.3 is 4.57 Å². The van der Waals surface area contributed by atoms with Gasteiger partial charge in [-0.1, -0.05) is 29.5 Å². The van der Waals surface area contributed by atoms with Gasteiger partial charge in [0.05, 0.1) is 15.1 Å². The van der Waals surface area contributed by atoms with E-state index in [9.17, 15) is 14.9 Å². The molecule has 0 bridgehead atoms. The number of amides is 1. The summed E-state index contributed by atoms with van der Waals surface area (Å²) in [4.78, 5) is 27.7. The molecule has 0 N–H and O–H groups in total. The second-order valence-corrected chi connectivity index (χ2v) is 8.13. The number of benzene rings is 2. The molecule has 2 aromatic carbocycles. The van der Waals surface area contributed by atoms with Crippen LogP contribution >= 0.6 is 23.1 Å². The number of hydrogen-bond donors (Lipinski definition) is 0. The van der Waals surface area contributed by atoms with E-state index in [1.165, 1.54) is 29.5 Å². The number of nitro groups is 1. The Morgan fingerprint density at radius 1 is 1.32 bits per heavy atom. The van der Waals surface area contributed by atoms with Crippen LogP contribution in [-0.4, -0.2) is 27.4 Å². The summed E-state index contributed by atoms with van der Waals surface area (Å²) in [7, 11) is 0. The van der Waals surface area contributed by atoms with Crippen molar-refractivity contribution in [2.45, 2.75) is 13.5 Å². The van der Waals surface area contributed by atoms with Gasteiger partial charge in [-0.3, -0.25) is 14.9 Å². The van der Waals surface area contributed by atoms with E-state index in [0.29, 0.717) is 10.4 Å². The number of fused-ring (bicyclic) bond motifs is 1. The zero-order chi connectivity index (χ0) is 20.1. The van der Waals surface area contributed by atoms with Gasteiger partial charge in [0.25, 0.3) is 11.6 Å². The van der Waals surface area contributed by atoms with Crippen molar-refractivity contribution in [3.63, 3.8) is 0 Å². The minimum atomic E-state index is -0.461. The van der Waals surface area contributed by atoms with Crippen LogP contribution in [0.5, 0.6) is 0 Å². The van der Waals surface area contributed by atoms with E-state index >= 15 is 0 Å². The third-order valence-corrected chi connectivity index (χ3v) is 5.69. The Morgan fingerprint density at radius 3 is 2.89 bits per heavy atom. The van der Waals surface area contributed by atoms with Crippen molar-refractivity contribution in [1.82, 2.24) is 4.57 Å². The molecule has 0 aliphatic rings. The van der Waals surface area contributed by atoms with Gasteiger partial charge in [0.1, 0.15) is 0 Å². The molecule has 1 heterocycles. The number of hydrogen-bond acceptors (Lipinski definition) is 5. The largest absolute Gasteiger partial charge is 0.316 e. The van der Waals surface area contributed by atoms with Gasteiger partial charge in [-0.25, -0.2) is 0 Å². The molecule has 0 radical (unpaired) electrons. The number of aryl methyl sites for hydroxylation is 2. The maximum Gasteiger partial charge on any atom is 0.272 e. The van der Waals surface area contributed by atoms with Gasteiger partial charge in [-0.15, -0.1) is 0 Å². The highest BCUT2D eigenvalue weighted by Crippen LogP contribution is 2.19. The predicted octanol–water partition coefficient (Wildman–Crippen LogP) is 4.42. The number of carbonyl (C=O) groups excluding carboxylic acids is 1. The lowest BCUT2D eigenvalue weighted by Crippen LogP contribution is -2.17. The van der Waals surface area contributed by atoms with Gasteiger partial charge in [0, 0.05) is 30.5 Å². The van der Waals surface area contributed by atoms with Crippen molar-refractivity contribution >= 4 is 51.0 Å². The molecule has 28 heavy (non-hydrogen) atoms. The second kappa shape index (κ2) is 8.99. The highest BCUT2D eigenvalue weighted by atomic mass is 32.2. The fraction of sp³-hybridized carbons (Fsp3) is 0.200. The normalized spacial score (nSPS) is 12.1. The van der Waals surface area contributed by atoms with Crippen LogP contribution in [0.4, 0.5) is 5.69 Å². The van der Waals surface area contributed by atoms with E-state index in [1.807, 2.05) is 13.2 Å². The fourth-order valence-electron chi connectivity index (χ4n) is 2.71. The van der Waals surface area contributed by atoms with Crippen LogP contribution in [0.25, 0.3) is 16.3 Å². The molecule has 1 aromatic heterocycles. The molecule has 0 spiro atoms. The predicted molar refractivity (Wildman–Crippen MR) is 116 cm³/mol. The van der Waals surface area contributed by atoms with Gasteiger partial charge in [0.2, 0.25) is 0 Å². The van der Waals surface area contributed by atoms with E-state index in [-0.39, 0.29) is 5.69 Å². The number of nitro benzene ring substituents is 1. The Bertz CT molecular complexity index is 1130. The zero-order valence-corrected chi connectivity index (χ0v) is 17.1. The SMILES string of the molecule is CSCCn1c(=NC(=O)/C=C/c2cccc([N+](=O)[O-])c2)sc2cc(C)ccc21. The molecule has 0 atom stereocenters.